The highest BCUT2D eigenvalue weighted by Gasteiger charge is 2.23. The molecule has 0 aliphatic carbocycles. The van der Waals surface area contributed by atoms with Crippen molar-refractivity contribution in [1.29, 1.82) is 0 Å². The van der Waals surface area contributed by atoms with Gasteiger partial charge in [-0.3, -0.25) is 5.01 Å². The minimum atomic E-state index is -0.362. The first kappa shape index (κ1) is 17.0. The molecule has 0 N–H and O–H groups in total. The van der Waals surface area contributed by atoms with Crippen LogP contribution < -0.4 is 9.75 Å². The zero-order valence-electron chi connectivity index (χ0n) is 14.5. The third kappa shape index (κ3) is 4.38. The van der Waals surface area contributed by atoms with Crippen molar-refractivity contribution in [1.82, 2.24) is 0 Å². The summed E-state index contributed by atoms with van der Waals surface area (Å²) in [4.78, 5) is 11.5. The first-order chi connectivity index (χ1) is 12.1. The molecule has 0 radical (unpaired) electrons. The third-order valence-electron chi connectivity index (χ3n) is 3.84. The molecule has 1 aliphatic heterocycles. The van der Waals surface area contributed by atoms with Gasteiger partial charge in [-0.1, -0.05) is 30.3 Å². The first-order valence-electron chi connectivity index (χ1n) is 8.42. The van der Waals surface area contributed by atoms with Crippen molar-refractivity contribution in [3.05, 3.63) is 60.2 Å². The van der Waals surface area contributed by atoms with E-state index < -0.39 is 0 Å². The number of benzene rings is 2. The maximum Gasteiger partial charge on any atom is 0.344 e. The van der Waals surface area contributed by atoms with Gasteiger partial charge in [0.15, 0.2) is 6.61 Å². The monoisotopic (exact) mass is 338 g/mol. The smallest absolute Gasteiger partial charge is 0.344 e. The predicted octanol–water partition coefficient (Wildman–Crippen LogP) is 3.95. The van der Waals surface area contributed by atoms with Crippen LogP contribution in [-0.2, 0) is 9.53 Å². The predicted molar refractivity (Wildman–Crippen MR) is 97.9 cm³/mol. The lowest BCUT2D eigenvalue weighted by Crippen LogP contribution is -2.19. The van der Waals surface area contributed by atoms with Gasteiger partial charge in [-0.2, -0.15) is 5.10 Å². The van der Waals surface area contributed by atoms with Gasteiger partial charge in [-0.05, 0) is 43.7 Å². The molecule has 1 heterocycles. The summed E-state index contributed by atoms with van der Waals surface area (Å²) in [7, 11) is 0. The molecule has 1 unspecified atom stereocenters. The van der Waals surface area contributed by atoms with Crippen LogP contribution in [-0.4, -0.2) is 24.9 Å². The number of hydrogen-bond donors (Lipinski definition) is 0. The van der Waals surface area contributed by atoms with Crippen LogP contribution in [0.5, 0.6) is 5.75 Å². The zero-order valence-corrected chi connectivity index (χ0v) is 14.5. The molecule has 0 bridgehead atoms. The summed E-state index contributed by atoms with van der Waals surface area (Å²) in [6.45, 7) is 3.55. The second-order valence-corrected chi connectivity index (χ2v) is 6.13. The van der Waals surface area contributed by atoms with Gasteiger partial charge >= 0.3 is 5.97 Å². The first-order valence-corrected chi connectivity index (χ1v) is 8.42. The fourth-order valence-electron chi connectivity index (χ4n) is 2.75. The SMILES string of the molecule is CC(C)OC(=O)COc1ccc(C2CC=NN2c2ccccc2)cc1. The van der Waals surface area contributed by atoms with Crippen molar-refractivity contribution < 1.29 is 14.3 Å². The van der Waals surface area contributed by atoms with E-state index in [0.717, 1.165) is 17.7 Å². The fraction of sp³-hybridized carbons (Fsp3) is 0.300. The maximum absolute atomic E-state index is 11.5. The minimum absolute atomic E-state index is 0.0831. The van der Waals surface area contributed by atoms with Crippen LogP contribution in [0.4, 0.5) is 5.69 Å². The average molecular weight is 338 g/mol. The van der Waals surface area contributed by atoms with Crippen molar-refractivity contribution in [3.63, 3.8) is 0 Å². The van der Waals surface area contributed by atoms with E-state index in [4.69, 9.17) is 9.47 Å². The van der Waals surface area contributed by atoms with Crippen LogP contribution in [0.2, 0.25) is 0 Å². The quantitative estimate of drug-likeness (QED) is 0.748. The molecular formula is C20H22N2O3. The van der Waals surface area contributed by atoms with Crippen molar-refractivity contribution in [2.45, 2.75) is 32.4 Å². The molecule has 0 saturated carbocycles. The summed E-state index contributed by atoms with van der Waals surface area (Å²) >= 11 is 0. The number of carbonyl (C=O) groups excluding carboxylic acids is 1. The number of anilines is 1. The Kier molecular flexibility index (Phi) is 5.33. The second kappa shape index (κ2) is 7.83. The van der Waals surface area contributed by atoms with E-state index in [1.165, 1.54) is 0 Å². The minimum Gasteiger partial charge on any atom is -0.482 e. The summed E-state index contributed by atoms with van der Waals surface area (Å²) in [5.74, 6) is 0.285. The Balaban J connectivity index is 1.63. The van der Waals surface area contributed by atoms with Crippen LogP contribution in [0.3, 0.4) is 0 Å². The highest BCUT2D eigenvalue weighted by atomic mass is 16.6. The van der Waals surface area contributed by atoms with E-state index in [9.17, 15) is 4.79 Å². The van der Waals surface area contributed by atoms with E-state index in [2.05, 4.69) is 5.10 Å². The van der Waals surface area contributed by atoms with E-state index in [1.54, 1.807) is 0 Å². The number of para-hydroxylation sites is 1. The van der Waals surface area contributed by atoms with Gasteiger partial charge in [-0.15, -0.1) is 0 Å². The summed E-state index contributed by atoms with van der Waals surface area (Å²) in [5.41, 5.74) is 2.22. The van der Waals surface area contributed by atoms with Crippen molar-refractivity contribution >= 4 is 17.9 Å². The molecule has 0 aromatic heterocycles. The molecule has 25 heavy (non-hydrogen) atoms. The van der Waals surface area contributed by atoms with Gasteiger partial charge in [0.2, 0.25) is 0 Å². The summed E-state index contributed by atoms with van der Waals surface area (Å²) in [6, 6.07) is 18.1. The largest absolute Gasteiger partial charge is 0.482 e. The molecule has 5 heteroatoms. The van der Waals surface area contributed by atoms with Crippen molar-refractivity contribution in [2.24, 2.45) is 5.10 Å². The lowest BCUT2D eigenvalue weighted by Gasteiger charge is -2.24. The Labute approximate surface area is 147 Å². The molecule has 130 valence electrons. The summed E-state index contributed by atoms with van der Waals surface area (Å²) in [6.07, 6.45) is 2.66. The molecular weight excluding hydrogens is 316 g/mol. The zero-order chi connectivity index (χ0) is 17.6. The number of esters is 1. The van der Waals surface area contributed by atoms with Crippen LogP contribution in [0, 0.1) is 0 Å². The van der Waals surface area contributed by atoms with Gasteiger partial charge in [0.1, 0.15) is 5.75 Å². The molecule has 0 amide bonds. The number of hydrogen-bond acceptors (Lipinski definition) is 5. The Morgan fingerprint density at radius 2 is 1.88 bits per heavy atom. The van der Waals surface area contributed by atoms with Crippen LogP contribution in [0.15, 0.2) is 59.7 Å². The van der Waals surface area contributed by atoms with Crippen LogP contribution in [0.1, 0.15) is 31.9 Å². The number of nitrogens with zero attached hydrogens (tertiary/aromatic N) is 2. The maximum atomic E-state index is 11.5. The van der Waals surface area contributed by atoms with Gasteiger partial charge in [0, 0.05) is 12.6 Å². The molecule has 0 saturated heterocycles. The Morgan fingerprint density at radius 3 is 2.56 bits per heavy atom. The average Bonchev–Trinajstić information content (AvgIpc) is 3.10. The van der Waals surface area contributed by atoms with Gasteiger partial charge in [0.25, 0.3) is 0 Å². The lowest BCUT2D eigenvalue weighted by atomic mass is 10.0. The Morgan fingerprint density at radius 1 is 1.16 bits per heavy atom. The molecule has 2 aromatic carbocycles. The Bertz CT molecular complexity index is 726. The number of rotatable bonds is 6. The highest BCUT2D eigenvalue weighted by Crippen LogP contribution is 2.33. The number of hydrazone groups is 1. The standard InChI is InChI=1S/C20H22N2O3/c1-15(2)25-20(23)14-24-18-10-8-16(9-11-18)19-12-13-21-22(19)17-6-4-3-5-7-17/h3-11,13,15,19H,12,14H2,1-2H3. The van der Waals surface area contributed by atoms with E-state index in [-0.39, 0.29) is 24.7 Å². The fourth-order valence-corrected chi connectivity index (χ4v) is 2.75. The molecule has 3 rings (SSSR count). The molecule has 0 spiro atoms. The van der Waals surface area contributed by atoms with Crippen molar-refractivity contribution in [3.8, 4) is 5.75 Å². The summed E-state index contributed by atoms with van der Waals surface area (Å²) in [5, 5.41) is 6.51. The molecule has 1 atom stereocenters. The van der Waals surface area contributed by atoms with E-state index >= 15 is 0 Å². The van der Waals surface area contributed by atoms with Gasteiger partial charge in [-0.25, -0.2) is 4.79 Å². The highest BCUT2D eigenvalue weighted by molar-refractivity contribution is 5.71. The van der Waals surface area contributed by atoms with E-state index in [0.29, 0.717) is 5.75 Å². The lowest BCUT2D eigenvalue weighted by molar-refractivity contribution is -0.149. The Hall–Kier alpha value is -2.82. The van der Waals surface area contributed by atoms with Crippen LogP contribution >= 0.6 is 0 Å². The summed E-state index contributed by atoms with van der Waals surface area (Å²) < 4.78 is 10.5. The second-order valence-electron chi connectivity index (χ2n) is 6.13. The molecule has 0 fully saturated rings. The number of ether oxygens (including phenoxy) is 2. The van der Waals surface area contributed by atoms with Crippen LogP contribution in [0.25, 0.3) is 0 Å². The van der Waals surface area contributed by atoms with Gasteiger partial charge in [0.05, 0.1) is 17.8 Å². The number of carbonyl (C=O) groups is 1. The molecule has 2 aromatic rings. The van der Waals surface area contributed by atoms with Gasteiger partial charge < -0.3 is 9.47 Å². The topological polar surface area (TPSA) is 51.1 Å². The van der Waals surface area contributed by atoms with Crippen molar-refractivity contribution in [2.75, 3.05) is 11.6 Å². The normalized spacial score (nSPS) is 16.3. The molecule has 1 aliphatic rings. The van der Waals surface area contributed by atoms with E-state index in [1.807, 2.05) is 79.7 Å². The molecule has 5 nitrogen and oxygen atoms in total. The third-order valence-corrected chi connectivity index (χ3v) is 3.84.